The van der Waals surface area contributed by atoms with E-state index in [9.17, 15) is 13.2 Å². The van der Waals surface area contributed by atoms with Crippen molar-refractivity contribution < 1.29 is 17.6 Å². The minimum Gasteiger partial charge on any atom is -0.467 e. The fourth-order valence-corrected chi connectivity index (χ4v) is 3.63. The fraction of sp³-hybridized carbons (Fsp3) is 0.211. The van der Waals surface area contributed by atoms with Crippen molar-refractivity contribution in [3.05, 3.63) is 78.0 Å². The van der Waals surface area contributed by atoms with E-state index < -0.39 is 11.7 Å². The normalized spacial score (nSPS) is 16.9. The van der Waals surface area contributed by atoms with Crippen molar-refractivity contribution in [3.63, 3.8) is 0 Å². The van der Waals surface area contributed by atoms with Gasteiger partial charge in [-0.2, -0.15) is 13.2 Å². The van der Waals surface area contributed by atoms with Gasteiger partial charge in [-0.25, -0.2) is 0 Å². The summed E-state index contributed by atoms with van der Waals surface area (Å²) in [6.45, 7) is 1.34. The van der Waals surface area contributed by atoms with E-state index in [1.165, 1.54) is 6.07 Å². The van der Waals surface area contributed by atoms with Crippen LogP contribution in [0.5, 0.6) is 0 Å². The number of nitrogens with zero attached hydrogens (tertiary/aromatic N) is 2. The van der Waals surface area contributed by atoms with Crippen molar-refractivity contribution in [2.24, 2.45) is 0 Å². The van der Waals surface area contributed by atoms with Gasteiger partial charge in [0.1, 0.15) is 11.8 Å². The molecule has 0 saturated carbocycles. The molecule has 0 spiro atoms. The third-order valence-corrected chi connectivity index (χ3v) is 4.89. The summed E-state index contributed by atoms with van der Waals surface area (Å²) in [6.07, 6.45) is -0.813. The van der Waals surface area contributed by atoms with Crippen LogP contribution in [0.1, 0.15) is 23.1 Å². The highest BCUT2D eigenvalue weighted by atomic mass is 32.1. The number of anilines is 1. The van der Waals surface area contributed by atoms with Gasteiger partial charge in [0.25, 0.3) is 0 Å². The lowest BCUT2D eigenvalue weighted by molar-refractivity contribution is -0.137. The largest absolute Gasteiger partial charge is 0.467 e. The highest BCUT2D eigenvalue weighted by Gasteiger charge is 2.33. The zero-order valence-corrected chi connectivity index (χ0v) is 14.9. The second-order valence-electron chi connectivity index (χ2n) is 6.25. The molecule has 1 unspecified atom stereocenters. The highest BCUT2D eigenvalue weighted by Crippen LogP contribution is 2.34. The Morgan fingerprint density at radius 3 is 2.70 bits per heavy atom. The van der Waals surface area contributed by atoms with Crippen LogP contribution in [0.3, 0.4) is 0 Å². The lowest BCUT2D eigenvalue weighted by Gasteiger charge is -2.37. The van der Waals surface area contributed by atoms with Crippen LogP contribution >= 0.6 is 12.2 Å². The lowest BCUT2D eigenvalue weighted by Crippen LogP contribution is -2.44. The molecule has 4 rings (SSSR count). The van der Waals surface area contributed by atoms with Crippen LogP contribution in [0.4, 0.5) is 18.9 Å². The average Bonchev–Trinajstić information content (AvgIpc) is 3.32. The first-order chi connectivity index (χ1) is 12.9. The molecule has 0 fully saturated rings. The van der Waals surface area contributed by atoms with E-state index in [2.05, 4.69) is 9.88 Å². The Morgan fingerprint density at radius 1 is 1.11 bits per heavy atom. The van der Waals surface area contributed by atoms with Crippen molar-refractivity contribution in [2.75, 3.05) is 11.9 Å². The van der Waals surface area contributed by atoms with E-state index >= 15 is 0 Å². The molecule has 3 aromatic rings. The third-order valence-electron chi connectivity index (χ3n) is 4.55. The maximum absolute atomic E-state index is 13.0. The number of furan rings is 1. The number of alkyl halides is 3. The van der Waals surface area contributed by atoms with E-state index in [1.807, 2.05) is 29.3 Å². The van der Waals surface area contributed by atoms with E-state index in [0.29, 0.717) is 17.3 Å². The van der Waals surface area contributed by atoms with Crippen LogP contribution in [0.15, 0.2) is 65.4 Å². The first kappa shape index (κ1) is 17.7. The molecule has 2 aromatic heterocycles. The first-order valence-corrected chi connectivity index (χ1v) is 8.77. The van der Waals surface area contributed by atoms with Crippen LogP contribution in [0, 0.1) is 0 Å². The molecule has 8 heteroatoms. The van der Waals surface area contributed by atoms with Crippen molar-refractivity contribution in [3.8, 4) is 0 Å². The molecule has 0 saturated heterocycles. The number of thiocarbonyl (C=S) groups is 1. The predicted octanol–water partition coefficient (Wildman–Crippen LogP) is 4.90. The summed E-state index contributed by atoms with van der Waals surface area (Å²) in [5.74, 6) is 0.725. The van der Waals surface area contributed by atoms with Gasteiger partial charge in [0.05, 0.1) is 11.8 Å². The van der Waals surface area contributed by atoms with Gasteiger partial charge in [0.15, 0.2) is 5.11 Å². The van der Waals surface area contributed by atoms with Crippen molar-refractivity contribution >= 4 is 23.0 Å². The molecule has 1 N–H and O–H groups in total. The smallest absolute Gasteiger partial charge is 0.416 e. The topological polar surface area (TPSA) is 33.3 Å². The molecule has 4 nitrogen and oxygen atoms in total. The number of hydrogen-bond donors (Lipinski definition) is 1. The molecule has 3 heterocycles. The maximum Gasteiger partial charge on any atom is 0.416 e. The SMILES string of the molecule is FC(F)(F)c1cccc(NC(=S)N2CCn3cccc3C2c2ccco2)c1. The summed E-state index contributed by atoms with van der Waals surface area (Å²) < 4.78 is 46.6. The Kier molecular flexibility index (Phi) is 4.43. The molecule has 1 aliphatic rings. The Balaban J connectivity index is 1.62. The molecule has 140 valence electrons. The summed E-state index contributed by atoms with van der Waals surface area (Å²) in [4.78, 5) is 1.93. The van der Waals surface area contributed by atoms with E-state index in [-0.39, 0.29) is 6.04 Å². The van der Waals surface area contributed by atoms with Gasteiger partial charge in [0.2, 0.25) is 0 Å². The van der Waals surface area contributed by atoms with E-state index in [0.717, 1.165) is 30.1 Å². The first-order valence-electron chi connectivity index (χ1n) is 8.37. The second kappa shape index (κ2) is 6.77. The molecule has 0 bridgehead atoms. The van der Waals surface area contributed by atoms with Crippen LogP contribution in [0.25, 0.3) is 0 Å². The Labute approximate surface area is 159 Å². The van der Waals surface area contributed by atoms with E-state index in [1.54, 1.807) is 18.4 Å². The van der Waals surface area contributed by atoms with E-state index in [4.69, 9.17) is 16.6 Å². The van der Waals surface area contributed by atoms with Crippen LogP contribution in [-0.4, -0.2) is 21.1 Å². The second-order valence-corrected chi connectivity index (χ2v) is 6.63. The standard InChI is InChI=1S/C19H16F3N3OS/c20-19(21,22)13-4-1-5-14(12-13)23-18(27)25-10-9-24-8-2-6-15(24)17(25)16-7-3-11-26-16/h1-8,11-12,17H,9-10H2,(H,23,27). The lowest BCUT2D eigenvalue weighted by atomic mass is 10.1. The fourth-order valence-electron chi connectivity index (χ4n) is 3.32. The molecular weight excluding hydrogens is 375 g/mol. The summed E-state index contributed by atoms with van der Waals surface area (Å²) in [6, 6.07) is 12.4. The van der Waals surface area contributed by atoms with Gasteiger partial charge >= 0.3 is 6.18 Å². The molecule has 0 amide bonds. The third kappa shape index (κ3) is 3.44. The molecule has 0 aliphatic carbocycles. The quantitative estimate of drug-likeness (QED) is 0.630. The van der Waals surface area contributed by atoms with Gasteiger partial charge in [-0.3, -0.25) is 0 Å². The number of hydrogen-bond acceptors (Lipinski definition) is 2. The van der Waals surface area contributed by atoms with Crippen LogP contribution in [0.2, 0.25) is 0 Å². The van der Waals surface area contributed by atoms with Crippen LogP contribution < -0.4 is 5.32 Å². The zero-order chi connectivity index (χ0) is 19.0. The number of halogens is 3. The Morgan fingerprint density at radius 2 is 1.96 bits per heavy atom. The highest BCUT2D eigenvalue weighted by molar-refractivity contribution is 7.80. The zero-order valence-electron chi connectivity index (χ0n) is 14.1. The predicted molar refractivity (Wildman–Crippen MR) is 99.4 cm³/mol. The number of nitrogens with one attached hydrogen (secondary N) is 1. The molecule has 1 aromatic carbocycles. The number of rotatable bonds is 2. The number of fused-ring (bicyclic) bond motifs is 1. The van der Waals surface area contributed by atoms with Gasteiger partial charge < -0.3 is 19.2 Å². The van der Waals surface area contributed by atoms with Crippen molar-refractivity contribution in [2.45, 2.75) is 18.8 Å². The van der Waals surface area contributed by atoms with Crippen molar-refractivity contribution in [1.29, 1.82) is 0 Å². The molecular formula is C19H16F3N3OS. The Hall–Kier alpha value is -2.74. The summed E-state index contributed by atoms with van der Waals surface area (Å²) in [7, 11) is 0. The number of aromatic nitrogens is 1. The Bertz CT molecular complexity index is 949. The van der Waals surface area contributed by atoms with Gasteiger partial charge in [-0.15, -0.1) is 0 Å². The van der Waals surface area contributed by atoms with Gasteiger partial charge in [-0.1, -0.05) is 6.07 Å². The minimum atomic E-state index is -4.40. The summed E-state index contributed by atoms with van der Waals surface area (Å²) >= 11 is 5.53. The molecule has 1 aliphatic heterocycles. The van der Waals surface area contributed by atoms with Gasteiger partial charge in [-0.05, 0) is 54.7 Å². The monoisotopic (exact) mass is 391 g/mol. The molecule has 0 radical (unpaired) electrons. The summed E-state index contributed by atoms with van der Waals surface area (Å²) in [5, 5.41) is 3.30. The average molecular weight is 391 g/mol. The molecule has 27 heavy (non-hydrogen) atoms. The maximum atomic E-state index is 13.0. The van der Waals surface area contributed by atoms with Crippen molar-refractivity contribution in [1.82, 2.24) is 9.47 Å². The molecule has 1 atom stereocenters. The van der Waals surface area contributed by atoms with Crippen LogP contribution in [-0.2, 0) is 12.7 Å². The van der Waals surface area contributed by atoms with Gasteiger partial charge in [0, 0.05) is 30.7 Å². The number of benzene rings is 1. The minimum absolute atomic E-state index is 0.241. The summed E-state index contributed by atoms with van der Waals surface area (Å²) in [5.41, 5.74) is 0.601.